The third kappa shape index (κ3) is 4.98. The topological polar surface area (TPSA) is 29.5 Å². The van der Waals surface area contributed by atoms with Gasteiger partial charge in [-0.15, -0.1) is 0 Å². The number of furan rings is 2. The van der Waals surface area contributed by atoms with Gasteiger partial charge in [0, 0.05) is 44.2 Å². The Morgan fingerprint density at radius 1 is 0.314 bits per heavy atom. The van der Waals surface area contributed by atoms with Gasteiger partial charge in [-0.25, -0.2) is 0 Å². The standard InChI is InChI=1S/C48H31NO2/c1-4-12-35(13-5-1)41-30-36(31-42-47-45(51-48(41)42)29-28-44-46(47)40-18-10-11-19-43(40)50-44)34-22-20-32(21-23-34)33-24-26-39(27-25-33)49(37-14-6-2-7-15-37)38-16-8-3-9-17-38/h1-31H. The van der Waals surface area contributed by atoms with Gasteiger partial charge >= 0.3 is 0 Å². The zero-order valence-corrected chi connectivity index (χ0v) is 27.7. The molecule has 0 saturated heterocycles. The third-order valence-corrected chi connectivity index (χ3v) is 9.87. The number of nitrogens with zero attached hydrogens (tertiary/aromatic N) is 1. The summed E-state index contributed by atoms with van der Waals surface area (Å²) in [6.45, 7) is 0. The van der Waals surface area contributed by atoms with E-state index < -0.39 is 0 Å². The highest BCUT2D eigenvalue weighted by Crippen LogP contribution is 2.44. The van der Waals surface area contributed by atoms with E-state index >= 15 is 0 Å². The highest BCUT2D eigenvalue weighted by atomic mass is 16.3. The number of rotatable bonds is 6. The first-order valence-corrected chi connectivity index (χ1v) is 17.3. The Hall–Kier alpha value is -6.84. The molecule has 0 bridgehead atoms. The Balaban J connectivity index is 1.07. The van der Waals surface area contributed by atoms with E-state index in [1.54, 1.807) is 0 Å². The highest BCUT2D eigenvalue weighted by Gasteiger charge is 2.20. The van der Waals surface area contributed by atoms with Crippen LogP contribution in [0, 0.1) is 0 Å². The molecule has 2 aromatic heterocycles. The summed E-state index contributed by atoms with van der Waals surface area (Å²) in [6.07, 6.45) is 0. The van der Waals surface area contributed by atoms with Gasteiger partial charge in [0.25, 0.3) is 0 Å². The third-order valence-electron chi connectivity index (χ3n) is 9.87. The summed E-state index contributed by atoms with van der Waals surface area (Å²) in [4.78, 5) is 2.28. The molecular weight excluding hydrogens is 623 g/mol. The number of benzene rings is 8. The summed E-state index contributed by atoms with van der Waals surface area (Å²) in [5, 5.41) is 4.36. The minimum absolute atomic E-state index is 0.857. The summed E-state index contributed by atoms with van der Waals surface area (Å²) < 4.78 is 13.0. The molecule has 0 aliphatic heterocycles. The second kappa shape index (κ2) is 11.9. The van der Waals surface area contributed by atoms with E-state index in [0.717, 1.165) is 83.2 Å². The molecule has 0 N–H and O–H groups in total. The molecule has 3 heteroatoms. The van der Waals surface area contributed by atoms with E-state index in [2.05, 4.69) is 169 Å². The van der Waals surface area contributed by atoms with Crippen LogP contribution in [0.25, 0.3) is 77.3 Å². The number of para-hydroxylation sites is 3. The van der Waals surface area contributed by atoms with Crippen LogP contribution in [0.3, 0.4) is 0 Å². The zero-order chi connectivity index (χ0) is 33.7. The molecule has 51 heavy (non-hydrogen) atoms. The van der Waals surface area contributed by atoms with Crippen LogP contribution in [-0.4, -0.2) is 0 Å². The first-order valence-electron chi connectivity index (χ1n) is 17.3. The lowest BCUT2D eigenvalue weighted by Crippen LogP contribution is -2.09. The molecule has 0 radical (unpaired) electrons. The predicted molar refractivity (Wildman–Crippen MR) is 212 cm³/mol. The molecule has 0 amide bonds. The summed E-state index contributed by atoms with van der Waals surface area (Å²) >= 11 is 0. The molecule has 3 nitrogen and oxygen atoms in total. The van der Waals surface area contributed by atoms with Crippen LogP contribution in [0.5, 0.6) is 0 Å². The van der Waals surface area contributed by atoms with Gasteiger partial charge in [-0.3, -0.25) is 0 Å². The minimum atomic E-state index is 0.857. The van der Waals surface area contributed by atoms with Crippen LogP contribution in [0.4, 0.5) is 17.1 Å². The van der Waals surface area contributed by atoms with E-state index in [4.69, 9.17) is 8.83 Å². The molecule has 240 valence electrons. The van der Waals surface area contributed by atoms with Crippen molar-refractivity contribution in [1.82, 2.24) is 0 Å². The van der Waals surface area contributed by atoms with Gasteiger partial charge in [0.15, 0.2) is 0 Å². The fourth-order valence-corrected chi connectivity index (χ4v) is 7.44. The Labute approximate surface area is 295 Å². The number of hydrogen-bond acceptors (Lipinski definition) is 3. The molecule has 10 aromatic rings. The Morgan fingerprint density at radius 2 is 0.804 bits per heavy atom. The molecule has 0 spiro atoms. The van der Waals surface area contributed by atoms with Crippen molar-refractivity contribution in [3.8, 4) is 33.4 Å². The van der Waals surface area contributed by atoms with Gasteiger partial charge in [-0.1, -0.05) is 121 Å². The Morgan fingerprint density at radius 3 is 1.45 bits per heavy atom. The lowest BCUT2D eigenvalue weighted by Gasteiger charge is -2.25. The van der Waals surface area contributed by atoms with Crippen molar-refractivity contribution in [3.05, 3.63) is 188 Å². The van der Waals surface area contributed by atoms with Crippen LogP contribution in [-0.2, 0) is 0 Å². The largest absolute Gasteiger partial charge is 0.456 e. The normalized spacial score (nSPS) is 11.5. The van der Waals surface area contributed by atoms with E-state index in [9.17, 15) is 0 Å². The van der Waals surface area contributed by atoms with Crippen molar-refractivity contribution in [3.63, 3.8) is 0 Å². The molecule has 0 aliphatic rings. The van der Waals surface area contributed by atoms with Crippen molar-refractivity contribution in [2.45, 2.75) is 0 Å². The Bertz CT molecular complexity index is 2780. The van der Waals surface area contributed by atoms with Crippen LogP contribution in [0.2, 0.25) is 0 Å². The molecule has 10 rings (SSSR count). The van der Waals surface area contributed by atoms with Crippen molar-refractivity contribution in [2.75, 3.05) is 4.90 Å². The lowest BCUT2D eigenvalue weighted by atomic mass is 9.94. The highest BCUT2D eigenvalue weighted by molar-refractivity contribution is 6.27. The van der Waals surface area contributed by atoms with E-state index in [-0.39, 0.29) is 0 Å². The van der Waals surface area contributed by atoms with E-state index in [1.165, 1.54) is 11.1 Å². The predicted octanol–water partition coefficient (Wildman–Crippen LogP) is 14.0. The van der Waals surface area contributed by atoms with Gasteiger partial charge < -0.3 is 13.7 Å². The number of anilines is 3. The second-order valence-corrected chi connectivity index (χ2v) is 12.9. The molecular formula is C48H31NO2. The molecule has 0 saturated carbocycles. The van der Waals surface area contributed by atoms with Crippen LogP contribution >= 0.6 is 0 Å². The lowest BCUT2D eigenvalue weighted by molar-refractivity contribution is 0.663. The Kier molecular flexibility index (Phi) is 6.81. The van der Waals surface area contributed by atoms with E-state index in [0.29, 0.717) is 0 Å². The van der Waals surface area contributed by atoms with Gasteiger partial charge in [0.1, 0.15) is 22.3 Å². The number of fused-ring (bicyclic) bond motifs is 7. The molecule has 0 aliphatic carbocycles. The SMILES string of the molecule is c1ccc(-c2cc(-c3ccc(-c4ccc(N(c5ccccc5)c5ccccc5)cc4)cc3)cc3c2oc2ccc4oc5ccccc5c4c23)cc1. The average Bonchev–Trinajstić information content (AvgIpc) is 3.77. The first-order chi connectivity index (χ1) is 25.3. The van der Waals surface area contributed by atoms with Crippen LogP contribution in [0.15, 0.2) is 197 Å². The van der Waals surface area contributed by atoms with Gasteiger partial charge in [0.05, 0.1) is 0 Å². The summed E-state index contributed by atoms with van der Waals surface area (Å²) in [7, 11) is 0. The molecule has 2 heterocycles. The monoisotopic (exact) mass is 653 g/mol. The van der Waals surface area contributed by atoms with Gasteiger partial charge in [-0.2, -0.15) is 0 Å². The smallest absolute Gasteiger partial charge is 0.143 e. The van der Waals surface area contributed by atoms with Gasteiger partial charge in [-0.05, 0) is 94.5 Å². The zero-order valence-electron chi connectivity index (χ0n) is 27.7. The summed E-state index contributed by atoms with van der Waals surface area (Å²) in [5.41, 5.74) is 13.7. The molecule has 0 atom stereocenters. The van der Waals surface area contributed by atoms with Crippen molar-refractivity contribution in [1.29, 1.82) is 0 Å². The van der Waals surface area contributed by atoms with E-state index in [1.807, 2.05) is 24.3 Å². The fraction of sp³-hybridized carbons (Fsp3) is 0. The minimum Gasteiger partial charge on any atom is -0.456 e. The van der Waals surface area contributed by atoms with Gasteiger partial charge in [0.2, 0.25) is 0 Å². The van der Waals surface area contributed by atoms with Crippen LogP contribution < -0.4 is 4.90 Å². The maximum absolute atomic E-state index is 6.67. The first kappa shape index (κ1) is 29.1. The second-order valence-electron chi connectivity index (χ2n) is 12.9. The van der Waals surface area contributed by atoms with Crippen LogP contribution in [0.1, 0.15) is 0 Å². The molecule has 8 aromatic carbocycles. The maximum Gasteiger partial charge on any atom is 0.143 e. The quantitative estimate of drug-likeness (QED) is 0.179. The molecule has 0 fully saturated rings. The average molecular weight is 654 g/mol. The summed E-state index contributed by atoms with van der Waals surface area (Å²) in [5.74, 6) is 0. The number of hydrogen-bond donors (Lipinski definition) is 0. The van der Waals surface area contributed by atoms with Crippen molar-refractivity contribution < 1.29 is 8.83 Å². The van der Waals surface area contributed by atoms with Crippen molar-refractivity contribution in [2.24, 2.45) is 0 Å². The fourth-order valence-electron chi connectivity index (χ4n) is 7.44. The maximum atomic E-state index is 6.67. The molecule has 0 unspecified atom stereocenters. The van der Waals surface area contributed by atoms with Crippen molar-refractivity contribution >= 4 is 60.9 Å². The summed E-state index contributed by atoms with van der Waals surface area (Å²) in [6, 6.07) is 66.1.